The van der Waals surface area contributed by atoms with Gasteiger partial charge in [0.2, 0.25) is 10.0 Å². The van der Waals surface area contributed by atoms with Crippen LogP contribution in [0.15, 0.2) is 24.3 Å². The van der Waals surface area contributed by atoms with Crippen LogP contribution in [0.25, 0.3) is 0 Å². The Bertz CT molecular complexity index is 635. The van der Waals surface area contributed by atoms with E-state index in [1.165, 1.54) is 6.26 Å². The molecular weight excluding hydrogens is 312 g/mol. The van der Waals surface area contributed by atoms with Crippen molar-refractivity contribution in [3.8, 4) is 18.1 Å². The van der Waals surface area contributed by atoms with Crippen LogP contribution in [0.2, 0.25) is 0 Å². The van der Waals surface area contributed by atoms with E-state index in [9.17, 15) is 8.42 Å². The molecule has 2 N–H and O–H groups in total. The Morgan fingerprint density at radius 1 is 1.22 bits per heavy atom. The molecule has 0 bridgehead atoms. The summed E-state index contributed by atoms with van der Waals surface area (Å²) in [6.45, 7) is 0.959. The zero-order valence-corrected chi connectivity index (χ0v) is 14.2. The molecular formula is C17H24N2O3S. The molecule has 2 unspecified atom stereocenters. The van der Waals surface area contributed by atoms with Gasteiger partial charge in [-0.25, -0.2) is 13.1 Å². The summed E-state index contributed by atoms with van der Waals surface area (Å²) >= 11 is 0. The molecule has 23 heavy (non-hydrogen) atoms. The van der Waals surface area contributed by atoms with Crippen molar-refractivity contribution >= 4 is 10.0 Å². The van der Waals surface area contributed by atoms with E-state index in [0.717, 1.165) is 37.0 Å². The SMILES string of the molecule is C#CCOc1ccc(CNC2CCCCC2NS(C)(=O)=O)cc1. The van der Waals surface area contributed by atoms with Crippen molar-refractivity contribution in [1.82, 2.24) is 10.0 Å². The lowest BCUT2D eigenvalue weighted by Gasteiger charge is -2.32. The lowest BCUT2D eigenvalue weighted by Crippen LogP contribution is -2.51. The van der Waals surface area contributed by atoms with Gasteiger partial charge in [-0.1, -0.05) is 30.9 Å². The van der Waals surface area contributed by atoms with Gasteiger partial charge in [-0.2, -0.15) is 0 Å². The Hall–Kier alpha value is -1.55. The van der Waals surface area contributed by atoms with Crippen LogP contribution in [0.4, 0.5) is 0 Å². The lowest BCUT2D eigenvalue weighted by molar-refractivity contribution is 0.309. The second kappa shape index (κ2) is 8.34. The first kappa shape index (κ1) is 17.8. The number of hydrogen-bond acceptors (Lipinski definition) is 4. The third kappa shape index (κ3) is 6.22. The van der Waals surface area contributed by atoms with Gasteiger partial charge in [0.15, 0.2) is 0 Å². The van der Waals surface area contributed by atoms with Gasteiger partial charge in [0.05, 0.1) is 6.26 Å². The third-order valence-electron chi connectivity index (χ3n) is 3.95. The highest BCUT2D eigenvalue weighted by molar-refractivity contribution is 7.88. The zero-order chi connectivity index (χ0) is 16.7. The fraction of sp³-hybridized carbons (Fsp3) is 0.529. The molecule has 1 saturated carbocycles. The molecule has 0 aromatic heterocycles. The minimum atomic E-state index is -3.18. The predicted molar refractivity (Wildman–Crippen MR) is 91.6 cm³/mol. The summed E-state index contributed by atoms with van der Waals surface area (Å²) in [6, 6.07) is 7.89. The molecule has 0 spiro atoms. The van der Waals surface area contributed by atoms with Crippen LogP contribution >= 0.6 is 0 Å². The summed E-state index contributed by atoms with van der Waals surface area (Å²) in [5, 5.41) is 3.47. The van der Waals surface area contributed by atoms with Crippen molar-refractivity contribution in [1.29, 1.82) is 0 Å². The van der Waals surface area contributed by atoms with Crippen LogP contribution in [0.1, 0.15) is 31.2 Å². The van der Waals surface area contributed by atoms with E-state index >= 15 is 0 Å². The highest BCUT2D eigenvalue weighted by Crippen LogP contribution is 2.20. The van der Waals surface area contributed by atoms with E-state index in [1.54, 1.807) is 0 Å². The molecule has 0 amide bonds. The summed E-state index contributed by atoms with van der Waals surface area (Å²) in [5.41, 5.74) is 1.13. The van der Waals surface area contributed by atoms with Crippen molar-refractivity contribution in [2.75, 3.05) is 12.9 Å². The summed E-state index contributed by atoms with van der Waals surface area (Å²) in [5.74, 6) is 3.18. The number of hydrogen-bond donors (Lipinski definition) is 2. The molecule has 1 aromatic rings. The molecule has 1 aliphatic rings. The highest BCUT2D eigenvalue weighted by atomic mass is 32.2. The second-order valence-corrected chi connectivity index (χ2v) is 7.69. The molecule has 1 aromatic carbocycles. The van der Waals surface area contributed by atoms with Crippen molar-refractivity contribution in [2.45, 2.75) is 44.3 Å². The van der Waals surface area contributed by atoms with Gasteiger partial charge in [-0.05, 0) is 30.5 Å². The first-order chi connectivity index (χ1) is 11.0. The standard InChI is InChI=1S/C17H24N2O3S/c1-3-12-22-15-10-8-14(9-11-15)13-18-16-6-4-5-7-17(16)19-23(2,20)21/h1,8-11,16-19H,4-7,12-13H2,2H3. The van der Waals surface area contributed by atoms with Crippen LogP contribution in [-0.2, 0) is 16.6 Å². The summed E-state index contributed by atoms with van der Waals surface area (Å²) < 4.78 is 31.0. The quantitative estimate of drug-likeness (QED) is 0.743. The van der Waals surface area contributed by atoms with Crippen LogP contribution in [0, 0.1) is 12.3 Å². The van der Waals surface area contributed by atoms with Gasteiger partial charge >= 0.3 is 0 Å². The number of benzene rings is 1. The monoisotopic (exact) mass is 336 g/mol. The molecule has 0 heterocycles. The number of terminal acetylenes is 1. The molecule has 0 saturated heterocycles. The van der Waals surface area contributed by atoms with Crippen molar-refractivity contribution in [3.63, 3.8) is 0 Å². The topological polar surface area (TPSA) is 67.4 Å². The molecule has 6 heteroatoms. The zero-order valence-electron chi connectivity index (χ0n) is 13.4. The maximum absolute atomic E-state index is 11.5. The minimum Gasteiger partial charge on any atom is -0.481 e. The van der Waals surface area contributed by atoms with Gasteiger partial charge < -0.3 is 10.1 Å². The summed E-state index contributed by atoms with van der Waals surface area (Å²) in [4.78, 5) is 0. The average molecular weight is 336 g/mol. The normalized spacial score (nSPS) is 21.6. The van der Waals surface area contributed by atoms with Gasteiger partial charge in [0, 0.05) is 18.6 Å². The maximum Gasteiger partial charge on any atom is 0.209 e. The number of ether oxygens (including phenoxy) is 1. The summed E-state index contributed by atoms with van der Waals surface area (Å²) in [7, 11) is -3.18. The van der Waals surface area contributed by atoms with Crippen LogP contribution < -0.4 is 14.8 Å². The number of sulfonamides is 1. The Kier molecular flexibility index (Phi) is 6.46. The Morgan fingerprint density at radius 3 is 2.48 bits per heavy atom. The van der Waals surface area contributed by atoms with Crippen molar-refractivity contribution in [3.05, 3.63) is 29.8 Å². The molecule has 126 valence electrons. The molecule has 2 rings (SSSR count). The molecule has 1 fully saturated rings. The third-order valence-corrected chi connectivity index (χ3v) is 4.68. The van der Waals surface area contributed by atoms with E-state index in [-0.39, 0.29) is 18.7 Å². The number of rotatable bonds is 7. The summed E-state index contributed by atoms with van der Waals surface area (Å²) in [6.07, 6.45) is 10.4. The fourth-order valence-corrected chi connectivity index (χ4v) is 3.70. The van der Waals surface area contributed by atoms with E-state index in [2.05, 4.69) is 16.0 Å². The van der Waals surface area contributed by atoms with Gasteiger partial charge in [-0.3, -0.25) is 0 Å². The first-order valence-electron chi connectivity index (χ1n) is 7.84. The molecule has 5 nitrogen and oxygen atoms in total. The van der Waals surface area contributed by atoms with Gasteiger partial charge in [0.1, 0.15) is 12.4 Å². The Morgan fingerprint density at radius 2 is 1.87 bits per heavy atom. The van der Waals surface area contributed by atoms with Gasteiger partial charge in [-0.15, -0.1) is 6.42 Å². The Balaban J connectivity index is 1.89. The van der Waals surface area contributed by atoms with E-state index in [4.69, 9.17) is 11.2 Å². The largest absolute Gasteiger partial charge is 0.481 e. The number of nitrogens with one attached hydrogen (secondary N) is 2. The van der Waals surface area contributed by atoms with E-state index in [1.807, 2.05) is 24.3 Å². The highest BCUT2D eigenvalue weighted by Gasteiger charge is 2.26. The minimum absolute atomic E-state index is 0.0306. The maximum atomic E-state index is 11.5. The van der Waals surface area contributed by atoms with Crippen molar-refractivity contribution in [2.24, 2.45) is 0 Å². The first-order valence-corrected chi connectivity index (χ1v) is 9.73. The van der Waals surface area contributed by atoms with Crippen LogP contribution in [0.3, 0.4) is 0 Å². The lowest BCUT2D eigenvalue weighted by atomic mass is 9.91. The fourth-order valence-electron chi connectivity index (χ4n) is 2.87. The molecule has 2 atom stereocenters. The molecule has 0 radical (unpaired) electrons. The predicted octanol–water partition coefficient (Wildman–Crippen LogP) is 1.65. The second-order valence-electron chi connectivity index (χ2n) is 5.91. The van der Waals surface area contributed by atoms with Crippen LogP contribution in [0.5, 0.6) is 5.75 Å². The molecule has 0 aliphatic heterocycles. The van der Waals surface area contributed by atoms with Crippen LogP contribution in [-0.4, -0.2) is 33.4 Å². The molecule has 1 aliphatic carbocycles. The van der Waals surface area contributed by atoms with E-state index in [0.29, 0.717) is 6.54 Å². The smallest absolute Gasteiger partial charge is 0.209 e. The Labute approximate surface area is 138 Å². The van der Waals surface area contributed by atoms with Gasteiger partial charge in [0.25, 0.3) is 0 Å². The van der Waals surface area contributed by atoms with Crippen molar-refractivity contribution < 1.29 is 13.2 Å². The average Bonchev–Trinajstić information content (AvgIpc) is 2.51. The van der Waals surface area contributed by atoms with E-state index < -0.39 is 10.0 Å².